The van der Waals surface area contributed by atoms with Gasteiger partial charge in [-0.05, 0) is 36.4 Å². The minimum absolute atomic E-state index is 0.110. The molecule has 0 atom stereocenters. The van der Waals surface area contributed by atoms with Gasteiger partial charge in [0.25, 0.3) is 5.89 Å². The maximum absolute atomic E-state index is 12.8. The van der Waals surface area contributed by atoms with Gasteiger partial charge in [-0.15, -0.1) is 0 Å². The summed E-state index contributed by atoms with van der Waals surface area (Å²) in [6, 6.07) is 12.9. The van der Waals surface area contributed by atoms with E-state index >= 15 is 0 Å². The van der Waals surface area contributed by atoms with Crippen molar-refractivity contribution in [2.75, 3.05) is 0 Å². The number of hydrogen-bond acceptors (Lipinski definition) is 4. The summed E-state index contributed by atoms with van der Waals surface area (Å²) in [6.07, 6.45) is 0. The Hall–Kier alpha value is -2.40. The summed E-state index contributed by atoms with van der Waals surface area (Å²) in [5.41, 5.74) is 0.763. The minimum atomic E-state index is -0.316. The number of aromatic nitrogens is 2. The molecule has 21 heavy (non-hydrogen) atoms. The number of ether oxygens (including phenoxy) is 1. The lowest BCUT2D eigenvalue weighted by atomic mass is 10.2. The topological polar surface area (TPSA) is 48.2 Å². The van der Waals surface area contributed by atoms with Crippen LogP contribution in [0.15, 0.2) is 53.1 Å². The summed E-state index contributed by atoms with van der Waals surface area (Å²) in [7, 11) is 0. The largest absolute Gasteiger partial charge is 0.484 e. The van der Waals surface area contributed by atoms with Crippen molar-refractivity contribution < 1.29 is 13.7 Å². The molecule has 0 aliphatic heterocycles. The van der Waals surface area contributed by atoms with Gasteiger partial charge in [-0.2, -0.15) is 4.98 Å². The van der Waals surface area contributed by atoms with Crippen molar-refractivity contribution in [1.82, 2.24) is 10.1 Å². The maximum atomic E-state index is 12.8. The van der Waals surface area contributed by atoms with E-state index in [1.165, 1.54) is 24.3 Å². The molecule has 1 aromatic heterocycles. The van der Waals surface area contributed by atoms with E-state index in [4.69, 9.17) is 20.9 Å². The van der Waals surface area contributed by atoms with E-state index in [9.17, 15) is 4.39 Å². The van der Waals surface area contributed by atoms with Crippen molar-refractivity contribution in [2.24, 2.45) is 0 Å². The number of rotatable bonds is 4. The van der Waals surface area contributed by atoms with E-state index < -0.39 is 0 Å². The second-order valence-electron chi connectivity index (χ2n) is 4.26. The van der Waals surface area contributed by atoms with Crippen molar-refractivity contribution in [2.45, 2.75) is 6.61 Å². The highest BCUT2D eigenvalue weighted by Crippen LogP contribution is 2.20. The van der Waals surface area contributed by atoms with Crippen molar-refractivity contribution >= 4 is 11.6 Å². The first-order chi connectivity index (χ1) is 10.2. The molecular formula is C15H10ClFN2O2. The van der Waals surface area contributed by atoms with Gasteiger partial charge in [-0.1, -0.05) is 28.9 Å². The number of benzene rings is 2. The zero-order valence-corrected chi connectivity index (χ0v) is 11.5. The first kappa shape index (κ1) is 13.6. The molecule has 0 saturated heterocycles. The lowest BCUT2D eigenvalue weighted by Crippen LogP contribution is -1.95. The van der Waals surface area contributed by atoms with Gasteiger partial charge in [0.05, 0.1) is 0 Å². The predicted molar refractivity (Wildman–Crippen MR) is 75.5 cm³/mol. The first-order valence-corrected chi connectivity index (χ1v) is 6.55. The van der Waals surface area contributed by atoms with Crippen LogP contribution in [-0.4, -0.2) is 10.1 Å². The highest BCUT2D eigenvalue weighted by molar-refractivity contribution is 6.30. The predicted octanol–water partition coefficient (Wildman–Crippen LogP) is 4.11. The van der Waals surface area contributed by atoms with E-state index in [2.05, 4.69) is 10.1 Å². The summed E-state index contributed by atoms with van der Waals surface area (Å²) in [4.78, 5) is 4.22. The van der Waals surface area contributed by atoms with Crippen LogP contribution in [0.2, 0.25) is 5.02 Å². The van der Waals surface area contributed by atoms with Gasteiger partial charge in [0.15, 0.2) is 6.61 Å². The molecule has 0 bridgehead atoms. The molecule has 0 fully saturated rings. The summed E-state index contributed by atoms with van der Waals surface area (Å²) < 4.78 is 23.3. The van der Waals surface area contributed by atoms with Crippen LogP contribution in [0.4, 0.5) is 4.39 Å². The monoisotopic (exact) mass is 304 g/mol. The van der Waals surface area contributed by atoms with Gasteiger partial charge in [-0.3, -0.25) is 0 Å². The third-order valence-electron chi connectivity index (χ3n) is 2.73. The van der Waals surface area contributed by atoms with E-state index in [1.54, 1.807) is 12.1 Å². The Morgan fingerprint density at radius 3 is 2.71 bits per heavy atom. The van der Waals surface area contributed by atoms with Crippen LogP contribution in [0.1, 0.15) is 5.89 Å². The molecule has 0 radical (unpaired) electrons. The maximum Gasteiger partial charge on any atom is 0.264 e. The fourth-order valence-electron chi connectivity index (χ4n) is 1.73. The van der Waals surface area contributed by atoms with Crippen molar-refractivity contribution in [3.05, 3.63) is 65.3 Å². The Bertz CT molecular complexity index is 743. The summed E-state index contributed by atoms with van der Waals surface area (Å²) >= 11 is 5.91. The molecule has 3 aromatic rings. The summed E-state index contributed by atoms with van der Waals surface area (Å²) in [5.74, 6) is 0.979. The SMILES string of the molecule is Fc1ccc(OCc2nc(-c3cccc(Cl)c3)no2)cc1. The third kappa shape index (κ3) is 3.38. The van der Waals surface area contributed by atoms with Crippen molar-refractivity contribution in [1.29, 1.82) is 0 Å². The Morgan fingerprint density at radius 1 is 1.14 bits per heavy atom. The Kier molecular flexibility index (Phi) is 3.83. The molecule has 106 valence electrons. The van der Waals surface area contributed by atoms with Crippen molar-refractivity contribution in [3.8, 4) is 17.1 Å². The molecule has 0 saturated carbocycles. The second kappa shape index (κ2) is 5.93. The van der Waals surface area contributed by atoms with Crippen LogP contribution in [0.25, 0.3) is 11.4 Å². The molecule has 0 amide bonds. The van der Waals surface area contributed by atoms with Crippen molar-refractivity contribution in [3.63, 3.8) is 0 Å². The average Bonchev–Trinajstić information content (AvgIpc) is 2.96. The van der Waals surface area contributed by atoms with Crippen LogP contribution in [-0.2, 0) is 6.61 Å². The molecule has 0 N–H and O–H groups in total. The second-order valence-corrected chi connectivity index (χ2v) is 4.70. The first-order valence-electron chi connectivity index (χ1n) is 6.17. The zero-order chi connectivity index (χ0) is 14.7. The van der Waals surface area contributed by atoms with Gasteiger partial charge in [0.1, 0.15) is 11.6 Å². The smallest absolute Gasteiger partial charge is 0.264 e. The molecule has 2 aromatic carbocycles. The number of hydrogen-bond donors (Lipinski definition) is 0. The molecule has 0 aliphatic carbocycles. The fraction of sp³-hybridized carbons (Fsp3) is 0.0667. The van der Waals surface area contributed by atoms with Gasteiger partial charge < -0.3 is 9.26 Å². The van der Waals surface area contributed by atoms with Gasteiger partial charge in [-0.25, -0.2) is 4.39 Å². The molecule has 0 aliphatic rings. The van der Waals surface area contributed by atoms with Gasteiger partial charge in [0.2, 0.25) is 5.82 Å². The van der Waals surface area contributed by atoms with Crippen LogP contribution >= 0.6 is 11.6 Å². The van der Waals surface area contributed by atoms with Crippen LogP contribution in [0, 0.1) is 5.82 Å². The Labute approximate surface area is 125 Å². The molecule has 6 heteroatoms. The minimum Gasteiger partial charge on any atom is -0.484 e. The van der Waals surface area contributed by atoms with Crippen LogP contribution < -0.4 is 4.74 Å². The van der Waals surface area contributed by atoms with E-state index in [0.717, 1.165) is 5.56 Å². The molecule has 3 rings (SSSR count). The Balaban J connectivity index is 1.69. The van der Waals surface area contributed by atoms with Gasteiger partial charge in [0, 0.05) is 10.6 Å². The lowest BCUT2D eigenvalue weighted by Gasteiger charge is -2.01. The highest BCUT2D eigenvalue weighted by Gasteiger charge is 2.09. The summed E-state index contributed by atoms with van der Waals surface area (Å²) in [6.45, 7) is 0.110. The zero-order valence-electron chi connectivity index (χ0n) is 10.8. The lowest BCUT2D eigenvalue weighted by molar-refractivity contribution is 0.242. The highest BCUT2D eigenvalue weighted by atomic mass is 35.5. The van der Waals surface area contributed by atoms with E-state index in [0.29, 0.717) is 22.5 Å². The third-order valence-corrected chi connectivity index (χ3v) is 2.96. The summed E-state index contributed by atoms with van der Waals surface area (Å²) in [5, 5.41) is 4.47. The quantitative estimate of drug-likeness (QED) is 0.728. The average molecular weight is 305 g/mol. The van der Waals surface area contributed by atoms with Crippen LogP contribution in [0.3, 0.4) is 0 Å². The molecule has 0 spiro atoms. The Morgan fingerprint density at radius 2 is 1.95 bits per heavy atom. The fourth-order valence-corrected chi connectivity index (χ4v) is 1.92. The number of nitrogens with zero attached hydrogens (tertiary/aromatic N) is 2. The molecule has 0 unspecified atom stereocenters. The normalized spacial score (nSPS) is 10.6. The molecule has 4 nitrogen and oxygen atoms in total. The van der Waals surface area contributed by atoms with Crippen LogP contribution in [0.5, 0.6) is 5.75 Å². The molecular weight excluding hydrogens is 295 g/mol. The molecule has 1 heterocycles. The standard InChI is InChI=1S/C15H10ClFN2O2/c16-11-3-1-2-10(8-11)15-18-14(21-19-15)9-20-13-6-4-12(17)5-7-13/h1-8H,9H2. The number of halogens is 2. The van der Waals surface area contributed by atoms with E-state index in [1.807, 2.05) is 12.1 Å². The van der Waals surface area contributed by atoms with Gasteiger partial charge >= 0.3 is 0 Å². The van der Waals surface area contributed by atoms with E-state index in [-0.39, 0.29) is 12.4 Å².